The Morgan fingerprint density at radius 2 is 1.19 bits per heavy atom. The summed E-state index contributed by atoms with van der Waals surface area (Å²) in [7, 11) is 1.58. The van der Waals surface area contributed by atoms with E-state index in [4.69, 9.17) is 47.9 Å². The van der Waals surface area contributed by atoms with Gasteiger partial charge in [-0.15, -0.1) is 0 Å². The van der Waals surface area contributed by atoms with E-state index in [1.165, 1.54) is 17.5 Å². The van der Waals surface area contributed by atoms with Crippen molar-refractivity contribution >= 4 is 23.2 Å². The Morgan fingerprint density at radius 3 is 1.78 bits per heavy atom. The van der Waals surface area contributed by atoms with Crippen molar-refractivity contribution in [2.75, 3.05) is 7.11 Å². The zero-order valence-electron chi connectivity index (χ0n) is 20.0. The van der Waals surface area contributed by atoms with E-state index >= 15 is 0 Å². The molecule has 7 heteroatoms. The highest BCUT2D eigenvalue weighted by atomic mass is 35.5. The van der Waals surface area contributed by atoms with Gasteiger partial charge in [-0.25, -0.2) is 0 Å². The fourth-order valence-electron chi connectivity index (χ4n) is 3.88. The van der Waals surface area contributed by atoms with Crippen LogP contribution in [0.4, 0.5) is 0 Å². The maximum atomic E-state index is 8.83. The summed E-state index contributed by atoms with van der Waals surface area (Å²) in [5, 5.41) is 18.4. The zero-order valence-corrected chi connectivity index (χ0v) is 21.5. The predicted molar refractivity (Wildman–Crippen MR) is 144 cm³/mol. The standard InChI is InChI=1S/C16H12ClNO.C14H10ClNO2/c17-16-9-15(7-5-13(16)10-18)19-14-6-4-11-2-1-3-12(11)8-14;1-17-13-4-2-3-5-14(13)18-11-7-6-10(9-16)12(15)8-11/h4-9H,1-3H2;2-8H,1H3. The molecule has 0 saturated carbocycles. The second-order valence-corrected chi connectivity index (χ2v) is 8.96. The lowest BCUT2D eigenvalue weighted by Gasteiger charge is -2.10. The molecule has 4 aromatic carbocycles. The minimum absolute atomic E-state index is 0.366. The molecule has 0 radical (unpaired) electrons. The predicted octanol–water partition coefficient (Wildman–Crippen LogP) is 8.51. The van der Waals surface area contributed by atoms with E-state index in [-0.39, 0.29) is 0 Å². The molecule has 0 bridgehead atoms. The van der Waals surface area contributed by atoms with E-state index in [1.807, 2.05) is 30.3 Å². The minimum Gasteiger partial charge on any atom is -0.493 e. The summed E-state index contributed by atoms with van der Waals surface area (Å²) in [6.45, 7) is 0. The molecule has 0 saturated heterocycles. The molecule has 0 atom stereocenters. The molecule has 0 fully saturated rings. The van der Waals surface area contributed by atoms with Gasteiger partial charge in [-0.1, -0.05) is 41.4 Å². The molecule has 0 unspecified atom stereocenters. The number of benzene rings is 4. The van der Waals surface area contributed by atoms with Crippen LogP contribution in [0.2, 0.25) is 10.0 Å². The van der Waals surface area contributed by atoms with Gasteiger partial charge in [0.25, 0.3) is 0 Å². The smallest absolute Gasteiger partial charge is 0.169 e. The Morgan fingerprint density at radius 1 is 0.649 bits per heavy atom. The first kappa shape index (κ1) is 25.9. The van der Waals surface area contributed by atoms with Crippen molar-refractivity contribution in [1.29, 1.82) is 10.5 Å². The number of nitriles is 2. The Kier molecular flexibility index (Phi) is 8.54. The first-order chi connectivity index (χ1) is 18.0. The topological polar surface area (TPSA) is 75.3 Å². The Balaban J connectivity index is 0.000000173. The molecule has 4 aromatic rings. The van der Waals surface area contributed by atoms with Gasteiger partial charge in [0, 0.05) is 12.1 Å². The number of fused-ring (bicyclic) bond motifs is 1. The van der Waals surface area contributed by atoms with Crippen LogP contribution in [-0.2, 0) is 12.8 Å². The van der Waals surface area contributed by atoms with Crippen LogP contribution < -0.4 is 14.2 Å². The van der Waals surface area contributed by atoms with Gasteiger partial charge in [0.15, 0.2) is 11.5 Å². The molecule has 5 rings (SSSR count). The summed E-state index contributed by atoms with van der Waals surface area (Å²) in [6, 6.07) is 27.6. The molecule has 0 N–H and O–H groups in total. The summed E-state index contributed by atoms with van der Waals surface area (Å²) in [5.74, 6) is 3.27. The summed E-state index contributed by atoms with van der Waals surface area (Å²) in [4.78, 5) is 0. The van der Waals surface area contributed by atoms with Crippen LogP contribution in [0.15, 0.2) is 78.9 Å². The van der Waals surface area contributed by atoms with Gasteiger partial charge in [-0.3, -0.25) is 0 Å². The van der Waals surface area contributed by atoms with Crippen LogP contribution in [0.1, 0.15) is 28.7 Å². The lowest BCUT2D eigenvalue weighted by Crippen LogP contribution is -1.90. The quantitative estimate of drug-likeness (QED) is 0.259. The SMILES string of the molecule is COc1ccccc1Oc1ccc(C#N)c(Cl)c1.N#Cc1ccc(Oc2ccc3c(c2)CCC3)cc1Cl. The van der Waals surface area contributed by atoms with Gasteiger partial charge in [0.2, 0.25) is 0 Å². The number of ether oxygens (including phenoxy) is 3. The van der Waals surface area contributed by atoms with Gasteiger partial charge >= 0.3 is 0 Å². The van der Waals surface area contributed by atoms with E-state index in [2.05, 4.69) is 12.1 Å². The molecule has 5 nitrogen and oxygen atoms in total. The van der Waals surface area contributed by atoms with Crippen molar-refractivity contribution in [1.82, 2.24) is 0 Å². The van der Waals surface area contributed by atoms with Crippen molar-refractivity contribution in [3.05, 3.63) is 111 Å². The van der Waals surface area contributed by atoms with Crippen molar-refractivity contribution in [2.24, 2.45) is 0 Å². The monoisotopic (exact) mass is 528 g/mol. The summed E-state index contributed by atoms with van der Waals surface area (Å²) in [6.07, 6.45) is 3.51. The van der Waals surface area contributed by atoms with Gasteiger partial charge < -0.3 is 14.2 Å². The fourth-order valence-corrected chi connectivity index (χ4v) is 4.30. The van der Waals surface area contributed by atoms with Crippen LogP contribution in [0.25, 0.3) is 0 Å². The van der Waals surface area contributed by atoms with Crippen LogP contribution in [0.3, 0.4) is 0 Å². The van der Waals surface area contributed by atoms with Gasteiger partial charge in [-0.2, -0.15) is 10.5 Å². The maximum Gasteiger partial charge on any atom is 0.169 e. The molecule has 1 aliphatic rings. The number of nitrogens with zero attached hydrogens (tertiary/aromatic N) is 2. The molecule has 184 valence electrons. The van der Waals surface area contributed by atoms with E-state index in [0.717, 1.165) is 18.6 Å². The first-order valence-corrected chi connectivity index (χ1v) is 12.3. The third kappa shape index (κ3) is 6.54. The highest BCUT2D eigenvalue weighted by Crippen LogP contribution is 2.33. The molecule has 1 aliphatic carbocycles. The summed E-state index contributed by atoms with van der Waals surface area (Å²) < 4.78 is 16.6. The van der Waals surface area contributed by atoms with E-state index in [0.29, 0.717) is 44.2 Å². The third-order valence-corrected chi connectivity index (χ3v) is 6.35. The fraction of sp³-hybridized carbons (Fsp3) is 0.133. The molecular weight excluding hydrogens is 507 g/mol. The van der Waals surface area contributed by atoms with Crippen LogP contribution in [-0.4, -0.2) is 7.11 Å². The van der Waals surface area contributed by atoms with E-state index in [1.54, 1.807) is 55.6 Å². The average molecular weight is 529 g/mol. The van der Waals surface area contributed by atoms with Crippen molar-refractivity contribution in [3.63, 3.8) is 0 Å². The number of hydrogen-bond acceptors (Lipinski definition) is 5. The van der Waals surface area contributed by atoms with Gasteiger partial charge in [-0.05, 0) is 78.9 Å². The maximum absolute atomic E-state index is 8.83. The van der Waals surface area contributed by atoms with Crippen molar-refractivity contribution in [3.8, 4) is 40.9 Å². The normalized spacial score (nSPS) is 11.3. The Labute approximate surface area is 226 Å². The molecule has 0 aliphatic heterocycles. The second-order valence-electron chi connectivity index (χ2n) is 8.15. The molecule has 0 aromatic heterocycles. The van der Waals surface area contributed by atoms with Gasteiger partial charge in [0.1, 0.15) is 29.4 Å². The van der Waals surface area contributed by atoms with Crippen molar-refractivity contribution < 1.29 is 14.2 Å². The highest BCUT2D eigenvalue weighted by Gasteiger charge is 2.12. The van der Waals surface area contributed by atoms with Crippen LogP contribution in [0, 0.1) is 22.7 Å². The molecule has 0 heterocycles. The third-order valence-electron chi connectivity index (χ3n) is 5.72. The summed E-state index contributed by atoms with van der Waals surface area (Å²) in [5.41, 5.74) is 3.68. The number of halogens is 2. The van der Waals surface area contributed by atoms with E-state index < -0.39 is 0 Å². The van der Waals surface area contributed by atoms with Gasteiger partial charge in [0.05, 0.1) is 28.3 Å². The molecule has 0 amide bonds. The highest BCUT2D eigenvalue weighted by molar-refractivity contribution is 6.32. The average Bonchev–Trinajstić information content (AvgIpc) is 3.38. The lowest BCUT2D eigenvalue weighted by molar-refractivity contribution is 0.379. The van der Waals surface area contributed by atoms with Crippen molar-refractivity contribution in [2.45, 2.75) is 19.3 Å². The van der Waals surface area contributed by atoms with Crippen LogP contribution >= 0.6 is 23.2 Å². The first-order valence-electron chi connectivity index (χ1n) is 11.5. The number of aryl methyl sites for hydroxylation is 2. The summed E-state index contributed by atoms with van der Waals surface area (Å²) >= 11 is 11.9. The molecule has 37 heavy (non-hydrogen) atoms. The number of methoxy groups -OCH3 is 1. The zero-order chi connectivity index (χ0) is 26.2. The largest absolute Gasteiger partial charge is 0.493 e. The number of rotatable bonds is 5. The molecule has 0 spiro atoms. The number of para-hydroxylation sites is 2. The van der Waals surface area contributed by atoms with E-state index in [9.17, 15) is 0 Å². The Hall–Kier alpha value is -4.16. The minimum atomic E-state index is 0.366. The second kappa shape index (κ2) is 12.2. The Bertz CT molecular complexity index is 1500. The lowest BCUT2D eigenvalue weighted by atomic mass is 10.1. The number of hydrogen-bond donors (Lipinski definition) is 0. The molecular formula is C30H22Cl2N2O3. The van der Waals surface area contributed by atoms with Crippen LogP contribution in [0.5, 0.6) is 28.7 Å².